The van der Waals surface area contributed by atoms with Gasteiger partial charge in [-0.2, -0.15) is 5.10 Å². The molecule has 0 aliphatic rings. The fourth-order valence-corrected chi connectivity index (χ4v) is 1.21. The van der Waals surface area contributed by atoms with Crippen LogP contribution in [0.3, 0.4) is 0 Å². The molecule has 0 saturated heterocycles. The molecule has 1 N–H and O–H groups in total. The number of fused-ring (bicyclic) bond motifs is 1. The number of hydrogen-bond acceptors (Lipinski definition) is 2. The van der Waals surface area contributed by atoms with Crippen LogP contribution in [0.15, 0.2) is 24.4 Å². The van der Waals surface area contributed by atoms with Crippen LogP contribution in [0, 0.1) is 5.41 Å². The molecule has 0 atom stereocenters. The van der Waals surface area contributed by atoms with E-state index in [1.807, 2.05) is 31.3 Å². The SMILES string of the molecule is CCn1nc2ccccn2c1=N. The van der Waals surface area contributed by atoms with E-state index in [0.717, 1.165) is 12.2 Å². The Morgan fingerprint density at radius 1 is 1.50 bits per heavy atom. The summed E-state index contributed by atoms with van der Waals surface area (Å²) in [5, 5.41) is 11.9. The van der Waals surface area contributed by atoms with E-state index in [1.54, 1.807) is 9.08 Å². The molecule has 4 heteroatoms. The van der Waals surface area contributed by atoms with Crippen molar-refractivity contribution in [2.45, 2.75) is 13.5 Å². The van der Waals surface area contributed by atoms with Gasteiger partial charge in [0.1, 0.15) is 0 Å². The Morgan fingerprint density at radius 3 is 3.00 bits per heavy atom. The van der Waals surface area contributed by atoms with Crippen molar-refractivity contribution in [2.24, 2.45) is 0 Å². The standard InChI is InChI=1S/C8H10N4/c1-2-12-8(9)11-6-4-3-5-7(11)10-12/h3-6,9H,2H2,1H3. The van der Waals surface area contributed by atoms with E-state index in [-0.39, 0.29) is 0 Å². The molecule has 0 saturated carbocycles. The highest BCUT2D eigenvalue weighted by Crippen LogP contribution is 1.93. The van der Waals surface area contributed by atoms with Crippen LogP contribution in [0.1, 0.15) is 6.92 Å². The summed E-state index contributed by atoms with van der Waals surface area (Å²) in [6.07, 6.45) is 1.84. The molecule has 62 valence electrons. The second-order valence-corrected chi connectivity index (χ2v) is 2.57. The molecule has 0 unspecified atom stereocenters. The van der Waals surface area contributed by atoms with Gasteiger partial charge in [-0.1, -0.05) is 6.07 Å². The van der Waals surface area contributed by atoms with Gasteiger partial charge in [-0.3, -0.25) is 9.81 Å². The van der Waals surface area contributed by atoms with E-state index < -0.39 is 0 Å². The van der Waals surface area contributed by atoms with E-state index >= 15 is 0 Å². The minimum Gasteiger partial charge on any atom is -0.269 e. The van der Waals surface area contributed by atoms with Crippen LogP contribution < -0.4 is 5.62 Å². The maximum atomic E-state index is 7.68. The van der Waals surface area contributed by atoms with Crippen LogP contribution in [0.25, 0.3) is 5.65 Å². The Hall–Kier alpha value is -1.58. The second kappa shape index (κ2) is 2.48. The van der Waals surface area contributed by atoms with Crippen LogP contribution in [-0.4, -0.2) is 14.2 Å². The monoisotopic (exact) mass is 162 g/mol. The molecule has 2 heterocycles. The number of aryl methyl sites for hydroxylation is 1. The van der Waals surface area contributed by atoms with Gasteiger partial charge in [0.25, 0.3) is 0 Å². The average molecular weight is 162 g/mol. The summed E-state index contributed by atoms with van der Waals surface area (Å²) in [6, 6.07) is 5.71. The first-order valence-electron chi connectivity index (χ1n) is 3.91. The number of pyridine rings is 1. The van der Waals surface area contributed by atoms with Gasteiger partial charge in [-0.05, 0) is 19.1 Å². The van der Waals surface area contributed by atoms with E-state index in [1.165, 1.54) is 0 Å². The lowest BCUT2D eigenvalue weighted by Gasteiger charge is -1.89. The normalized spacial score (nSPS) is 10.8. The molecule has 4 nitrogen and oxygen atoms in total. The molecule has 2 aromatic heterocycles. The molecule has 0 radical (unpaired) electrons. The quantitative estimate of drug-likeness (QED) is 0.657. The molecule has 0 aliphatic carbocycles. The summed E-state index contributed by atoms with van der Waals surface area (Å²) >= 11 is 0. The smallest absolute Gasteiger partial charge is 0.224 e. The minimum atomic E-state index is 0.424. The van der Waals surface area contributed by atoms with Crippen molar-refractivity contribution in [1.82, 2.24) is 14.2 Å². The van der Waals surface area contributed by atoms with E-state index in [4.69, 9.17) is 5.41 Å². The van der Waals surface area contributed by atoms with Crippen molar-refractivity contribution in [1.29, 1.82) is 5.41 Å². The highest BCUT2D eigenvalue weighted by molar-refractivity contribution is 5.35. The van der Waals surface area contributed by atoms with Gasteiger partial charge < -0.3 is 0 Å². The Labute approximate surface area is 69.6 Å². The number of nitrogens with zero attached hydrogens (tertiary/aromatic N) is 3. The Balaban J connectivity index is 2.88. The van der Waals surface area contributed by atoms with Crippen LogP contribution in [-0.2, 0) is 6.54 Å². The molecule has 12 heavy (non-hydrogen) atoms. The zero-order chi connectivity index (χ0) is 8.55. The van der Waals surface area contributed by atoms with Crippen molar-refractivity contribution < 1.29 is 0 Å². The van der Waals surface area contributed by atoms with Crippen LogP contribution >= 0.6 is 0 Å². The lowest BCUT2D eigenvalue weighted by atomic mass is 10.5. The maximum Gasteiger partial charge on any atom is 0.224 e. The zero-order valence-electron chi connectivity index (χ0n) is 6.86. The molecule has 0 aliphatic heterocycles. The third-order valence-electron chi connectivity index (χ3n) is 1.83. The third-order valence-corrected chi connectivity index (χ3v) is 1.83. The Morgan fingerprint density at radius 2 is 2.33 bits per heavy atom. The molecule has 0 aromatic carbocycles. The molecule has 0 spiro atoms. The topological polar surface area (TPSA) is 46.1 Å². The van der Waals surface area contributed by atoms with Crippen LogP contribution in [0.2, 0.25) is 0 Å². The van der Waals surface area contributed by atoms with E-state index in [9.17, 15) is 0 Å². The van der Waals surface area contributed by atoms with Crippen molar-refractivity contribution in [3.05, 3.63) is 30.0 Å². The van der Waals surface area contributed by atoms with Crippen LogP contribution in [0.4, 0.5) is 0 Å². The zero-order valence-corrected chi connectivity index (χ0v) is 6.86. The first kappa shape index (κ1) is 7.09. The van der Waals surface area contributed by atoms with E-state index in [2.05, 4.69) is 5.10 Å². The second-order valence-electron chi connectivity index (χ2n) is 2.57. The van der Waals surface area contributed by atoms with E-state index in [0.29, 0.717) is 5.62 Å². The van der Waals surface area contributed by atoms with Gasteiger partial charge in [-0.25, -0.2) is 4.68 Å². The lowest BCUT2D eigenvalue weighted by molar-refractivity contribution is 0.612. The molecular formula is C8H10N4. The van der Waals surface area contributed by atoms with Gasteiger partial charge in [-0.15, -0.1) is 0 Å². The van der Waals surface area contributed by atoms with Gasteiger partial charge in [0.05, 0.1) is 0 Å². The Kier molecular flexibility index (Phi) is 1.46. The molecule has 0 bridgehead atoms. The largest absolute Gasteiger partial charge is 0.269 e. The first-order valence-corrected chi connectivity index (χ1v) is 3.91. The summed E-state index contributed by atoms with van der Waals surface area (Å²) in [5.74, 6) is 0. The van der Waals surface area contributed by atoms with Gasteiger partial charge in [0, 0.05) is 12.7 Å². The average Bonchev–Trinajstić information content (AvgIpc) is 2.44. The summed E-state index contributed by atoms with van der Waals surface area (Å²) in [7, 11) is 0. The number of hydrogen-bond donors (Lipinski definition) is 1. The number of nitrogens with one attached hydrogen (secondary N) is 1. The van der Waals surface area contributed by atoms with Gasteiger partial charge >= 0.3 is 0 Å². The minimum absolute atomic E-state index is 0.424. The van der Waals surface area contributed by atoms with Gasteiger partial charge in [0.15, 0.2) is 5.65 Å². The van der Waals surface area contributed by atoms with Crippen molar-refractivity contribution in [3.63, 3.8) is 0 Å². The van der Waals surface area contributed by atoms with Crippen molar-refractivity contribution in [2.75, 3.05) is 0 Å². The summed E-state index contributed by atoms with van der Waals surface area (Å²) in [4.78, 5) is 0. The molecule has 2 rings (SSSR count). The van der Waals surface area contributed by atoms with Crippen LogP contribution in [0.5, 0.6) is 0 Å². The summed E-state index contributed by atoms with van der Waals surface area (Å²) in [6.45, 7) is 2.71. The maximum absolute atomic E-state index is 7.68. The summed E-state index contributed by atoms with van der Waals surface area (Å²) < 4.78 is 3.42. The third kappa shape index (κ3) is 0.845. The van der Waals surface area contributed by atoms with Crippen molar-refractivity contribution >= 4 is 5.65 Å². The molecule has 2 aromatic rings. The summed E-state index contributed by atoms with van der Waals surface area (Å²) in [5.41, 5.74) is 1.25. The number of rotatable bonds is 1. The number of aromatic nitrogens is 3. The highest BCUT2D eigenvalue weighted by atomic mass is 15.4. The molecular weight excluding hydrogens is 152 g/mol. The first-order chi connectivity index (χ1) is 5.83. The Bertz CT molecular complexity index is 451. The predicted octanol–water partition coefficient (Wildman–Crippen LogP) is 0.635. The molecule has 0 fully saturated rings. The lowest BCUT2D eigenvalue weighted by Crippen LogP contribution is -2.20. The van der Waals surface area contributed by atoms with Gasteiger partial charge in [0.2, 0.25) is 5.62 Å². The molecule has 0 amide bonds. The fourth-order valence-electron chi connectivity index (χ4n) is 1.21. The van der Waals surface area contributed by atoms with Crippen molar-refractivity contribution in [3.8, 4) is 0 Å². The highest BCUT2D eigenvalue weighted by Gasteiger charge is 1.98. The predicted molar refractivity (Wildman–Crippen MR) is 44.7 cm³/mol. The fraction of sp³-hybridized carbons (Fsp3) is 0.250.